The zero-order chi connectivity index (χ0) is 13.7. The molecule has 0 saturated carbocycles. The molecule has 0 aromatic carbocycles. The number of nitrogens with zero attached hydrogens (tertiary/aromatic N) is 3. The monoisotopic (exact) mass is 266 g/mol. The molecule has 19 heavy (non-hydrogen) atoms. The largest absolute Gasteiger partial charge is 0.354 e. The van der Waals surface area contributed by atoms with Crippen molar-refractivity contribution in [2.75, 3.05) is 29.9 Å². The second-order valence-corrected chi connectivity index (χ2v) is 5.13. The molecule has 1 N–H and O–H groups in total. The summed E-state index contributed by atoms with van der Waals surface area (Å²) in [6.45, 7) is 6.88. The van der Waals surface area contributed by atoms with Gasteiger partial charge in [0.15, 0.2) is 11.6 Å². The zero-order valence-electron chi connectivity index (χ0n) is 11.8. The molecule has 0 bridgehead atoms. The van der Waals surface area contributed by atoms with E-state index >= 15 is 0 Å². The molecule has 0 unspecified atom stereocenters. The average Bonchev–Trinajstić information content (AvgIpc) is 2.46. The minimum atomic E-state index is -0.322. The highest BCUT2D eigenvalue weighted by Crippen LogP contribution is 2.25. The lowest BCUT2D eigenvalue weighted by molar-refractivity contribution is 0.391. The van der Waals surface area contributed by atoms with Crippen molar-refractivity contribution in [3.8, 4) is 0 Å². The molecule has 4 nitrogen and oxygen atoms in total. The van der Waals surface area contributed by atoms with Crippen LogP contribution in [0.5, 0.6) is 0 Å². The van der Waals surface area contributed by atoms with Crippen LogP contribution in [0.3, 0.4) is 0 Å². The Hall–Kier alpha value is -1.39. The maximum atomic E-state index is 13.9. The fraction of sp³-hybridized carbons (Fsp3) is 0.714. The van der Waals surface area contributed by atoms with E-state index in [1.54, 1.807) is 0 Å². The normalized spacial score (nSPS) is 16.7. The number of rotatable bonds is 5. The minimum Gasteiger partial charge on any atom is -0.354 e. The smallest absolute Gasteiger partial charge is 0.224 e. The van der Waals surface area contributed by atoms with Crippen LogP contribution < -0.4 is 10.2 Å². The molecule has 1 aromatic rings. The third kappa shape index (κ3) is 3.55. The van der Waals surface area contributed by atoms with Gasteiger partial charge in [-0.1, -0.05) is 20.3 Å². The van der Waals surface area contributed by atoms with Crippen molar-refractivity contribution < 1.29 is 4.39 Å². The maximum Gasteiger partial charge on any atom is 0.224 e. The Morgan fingerprint density at radius 1 is 1.37 bits per heavy atom. The minimum absolute atomic E-state index is 0.322. The Kier molecular flexibility index (Phi) is 4.93. The lowest BCUT2D eigenvalue weighted by Gasteiger charge is -2.32. The molecule has 106 valence electrons. The van der Waals surface area contributed by atoms with Crippen LogP contribution in [0.2, 0.25) is 0 Å². The van der Waals surface area contributed by atoms with E-state index in [2.05, 4.69) is 29.1 Å². The first-order valence-corrected chi connectivity index (χ1v) is 7.26. The van der Waals surface area contributed by atoms with Crippen molar-refractivity contribution in [2.45, 2.75) is 39.5 Å². The van der Waals surface area contributed by atoms with E-state index in [9.17, 15) is 4.39 Å². The molecule has 0 aliphatic carbocycles. The molecular weight excluding hydrogens is 243 g/mol. The van der Waals surface area contributed by atoms with Crippen molar-refractivity contribution in [3.05, 3.63) is 12.0 Å². The highest BCUT2D eigenvalue weighted by atomic mass is 19.1. The first-order chi connectivity index (χ1) is 9.24. The Bertz CT molecular complexity index is 402. The Morgan fingerprint density at radius 3 is 2.74 bits per heavy atom. The fourth-order valence-electron chi connectivity index (χ4n) is 2.45. The highest BCUT2D eigenvalue weighted by molar-refractivity contribution is 5.44. The van der Waals surface area contributed by atoms with Crippen LogP contribution in [0.25, 0.3) is 0 Å². The topological polar surface area (TPSA) is 41.1 Å². The molecule has 2 heterocycles. The van der Waals surface area contributed by atoms with Crippen LogP contribution in [0.15, 0.2) is 6.20 Å². The van der Waals surface area contributed by atoms with Gasteiger partial charge in [-0.2, -0.15) is 4.98 Å². The van der Waals surface area contributed by atoms with Gasteiger partial charge >= 0.3 is 0 Å². The summed E-state index contributed by atoms with van der Waals surface area (Å²) in [4.78, 5) is 10.3. The van der Waals surface area contributed by atoms with Gasteiger partial charge in [0, 0.05) is 19.6 Å². The van der Waals surface area contributed by atoms with Crippen molar-refractivity contribution in [3.63, 3.8) is 0 Å². The van der Waals surface area contributed by atoms with Gasteiger partial charge in [0.25, 0.3) is 0 Å². The molecule has 2 rings (SSSR count). The number of aromatic nitrogens is 2. The summed E-state index contributed by atoms with van der Waals surface area (Å²) in [5, 5.41) is 3.11. The third-order valence-corrected chi connectivity index (χ3v) is 3.75. The van der Waals surface area contributed by atoms with Crippen molar-refractivity contribution in [1.29, 1.82) is 0 Å². The summed E-state index contributed by atoms with van der Waals surface area (Å²) in [6.07, 6.45) is 5.73. The second-order valence-electron chi connectivity index (χ2n) is 5.13. The van der Waals surface area contributed by atoms with Gasteiger partial charge in [-0.3, -0.25) is 0 Å². The highest BCUT2D eigenvalue weighted by Gasteiger charge is 2.21. The summed E-state index contributed by atoms with van der Waals surface area (Å²) >= 11 is 0. The third-order valence-electron chi connectivity index (χ3n) is 3.75. The lowest BCUT2D eigenvalue weighted by Crippen LogP contribution is -2.34. The van der Waals surface area contributed by atoms with Gasteiger partial charge in [-0.15, -0.1) is 0 Å². The van der Waals surface area contributed by atoms with Crippen LogP contribution in [-0.4, -0.2) is 29.6 Å². The van der Waals surface area contributed by atoms with Gasteiger partial charge in [-0.05, 0) is 25.2 Å². The average molecular weight is 266 g/mol. The molecule has 1 fully saturated rings. The predicted molar refractivity (Wildman–Crippen MR) is 76.0 cm³/mol. The van der Waals surface area contributed by atoms with Crippen LogP contribution >= 0.6 is 0 Å². The van der Waals surface area contributed by atoms with E-state index in [0.29, 0.717) is 11.8 Å². The van der Waals surface area contributed by atoms with E-state index in [-0.39, 0.29) is 5.82 Å². The maximum absolute atomic E-state index is 13.9. The van der Waals surface area contributed by atoms with Crippen LogP contribution in [0.4, 0.5) is 16.2 Å². The first kappa shape index (κ1) is 14.0. The van der Waals surface area contributed by atoms with Crippen LogP contribution in [0, 0.1) is 11.7 Å². The van der Waals surface area contributed by atoms with Crippen molar-refractivity contribution in [1.82, 2.24) is 9.97 Å². The molecule has 0 spiro atoms. The van der Waals surface area contributed by atoms with E-state index < -0.39 is 0 Å². The van der Waals surface area contributed by atoms with Gasteiger partial charge in [0.1, 0.15) is 0 Å². The van der Waals surface area contributed by atoms with E-state index in [4.69, 9.17) is 0 Å². The van der Waals surface area contributed by atoms with Crippen molar-refractivity contribution >= 4 is 11.8 Å². The fourth-order valence-corrected chi connectivity index (χ4v) is 2.45. The number of halogens is 1. The van der Waals surface area contributed by atoms with Gasteiger partial charge in [-0.25, -0.2) is 9.37 Å². The second kappa shape index (κ2) is 6.68. The number of hydrogen-bond acceptors (Lipinski definition) is 4. The summed E-state index contributed by atoms with van der Waals surface area (Å²) in [5.74, 6) is 1.43. The summed E-state index contributed by atoms with van der Waals surface area (Å²) in [5.41, 5.74) is 0. The Labute approximate surface area is 114 Å². The predicted octanol–water partition coefficient (Wildman–Crippen LogP) is 3.06. The summed E-state index contributed by atoms with van der Waals surface area (Å²) in [7, 11) is 0. The Balaban J connectivity index is 2.06. The number of nitrogens with one attached hydrogen (secondary N) is 1. The lowest BCUT2D eigenvalue weighted by atomic mass is 9.94. The summed E-state index contributed by atoms with van der Waals surface area (Å²) < 4.78 is 13.9. The standard InChI is InChI=1S/C14H23FN4/c1-3-7-16-14-17-10-12(15)13(18-14)19-8-5-11(4-2)6-9-19/h10-11H,3-9H2,1-2H3,(H,16,17,18). The molecule has 0 atom stereocenters. The Morgan fingerprint density at radius 2 is 2.11 bits per heavy atom. The SMILES string of the molecule is CCCNc1ncc(F)c(N2CCC(CC)CC2)n1. The molecule has 1 aromatic heterocycles. The number of anilines is 2. The molecule has 0 radical (unpaired) electrons. The van der Waals surface area contributed by atoms with E-state index in [1.807, 2.05) is 4.90 Å². The van der Waals surface area contributed by atoms with Gasteiger partial charge in [0.05, 0.1) is 6.20 Å². The van der Waals surface area contributed by atoms with E-state index in [0.717, 1.165) is 44.8 Å². The molecule has 5 heteroatoms. The quantitative estimate of drug-likeness (QED) is 0.889. The molecule has 0 amide bonds. The van der Waals surface area contributed by atoms with Gasteiger partial charge < -0.3 is 10.2 Å². The molecule has 1 saturated heterocycles. The molecule has 1 aliphatic heterocycles. The van der Waals surface area contributed by atoms with Crippen molar-refractivity contribution in [2.24, 2.45) is 5.92 Å². The van der Waals surface area contributed by atoms with Gasteiger partial charge in [0.2, 0.25) is 5.95 Å². The zero-order valence-corrected chi connectivity index (χ0v) is 11.8. The van der Waals surface area contributed by atoms with E-state index in [1.165, 1.54) is 12.6 Å². The van der Waals surface area contributed by atoms with Crippen LogP contribution in [-0.2, 0) is 0 Å². The molecular formula is C14H23FN4. The first-order valence-electron chi connectivity index (χ1n) is 7.26. The summed E-state index contributed by atoms with van der Waals surface area (Å²) in [6, 6.07) is 0. The molecule has 1 aliphatic rings. The number of hydrogen-bond donors (Lipinski definition) is 1. The van der Waals surface area contributed by atoms with Crippen LogP contribution in [0.1, 0.15) is 39.5 Å². The number of piperidine rings is 1.